The second-order valence-corrected chi connectivity index (χ2v) is 18.4. The number of hydrogen-bond acceptors (Lipinski definition) is 12. The van der Waals surface area contributed by atoms with E-state index < -0.39 is 108 Å². The minimum Gasteiger partial charge on any atom is -0.370 e. The number of aromatic amines is 1. The summed E-state index contributed by atoms with van der Waals surface area (Å²) in [6.07, 6.45) is 3.02. The average molecular weight is 1110 g/mol. The minimum atomic E-state index is -1.57. The van der Waals surface area contributed by atoms with Crippen LogP contribution >= 0.6 is 0 Å². The molecule has 1 fully saturated rings. The van der Waals surface area contributed by atoms with Crippen LogP contribution in [0, 0.1) is 6.92 Å². The molecule has 434 valence electrons. The fourth-order valence-electron chi connectivity index (χ4n) is 7.47. The highest BCUT2D eigenvalue weighted by molar-refractivity contribution is 5.98. The number of para-hydroxylation sites is 1. The smallest absolute Gasteiger partial charge is 0.312 e. The van der Waals surface area contributed by atoms with E-state index in [4.69, 9.17) is 34.4 Å². The number of nitrogens with zero attached hydrogens (tertiary/aromatic N) is 2. The van der Waals surface area contributed by atoms with Gasteiger partial charge in [0.15, 0.2) is 11.9 Å². The van der Waals surface area contributed by atoms with E-state index >= 15 is 0 Å². The molecule has 0 bridgehead atoms. The zero-order valence-corrected chi connectivity index (χ0v) is 45.3. The lowest BCUT2D eigenvalue weighted by atomic mass is 10.0. The van der Waals surface area contributed by atoms with Crippen molar-refractivity contribution in [2.24, 2.45) is 44.4 Å². The molecule has 0 radical (unpaired) electrons. The second kappa shape index (κ2) is 36.1. The second-order valence-electron chi connectivity index (χ2n) is 18.4. The lowest BCUT2D eigenvalue weighted by Crippen LogP contribution is -2.60. The van der Waals surface area contributed by atoms with Gasteiger partial charge in [0, 0.05) is 56.6 Å². The van der Waals surface area contributed by atoms with Gasteiger partial charge in [-0.15, -0.1) is 0 Å². The fourth-order valence-corrected chi connectivity index (χ4v) is 7.47. The number of H-pyrrole nitrogens is 1. The van der Waals surface area contributed by atoms with E-state index in [0.29, 0.717) is 5.56 Å². The van der Waals surface area contributed by atoms with Crippen molar-refractivity contribution in [2.45, 2.75) is 128 Å². The van der Waals surface area contributed by atoms with E-state index in [1.807, 2.05) is 19.2 Å². The number of urea groups is 1. The molecule has 0 spiro atoms. The Balaban J connectivity index is 0.00000105. The molecule has 3 aromatic rings. The molecule has 2 heterocycles. The van der Waals surface area contributed by atoms with Gasteiger partial charge in [0.05, 0.1) is 13.0 Å². The highest BCUT2D eigenvalue weighted by Crippen LogP contribution is 2.16. The maximum absolute atomic E-state index is 14.2. The Morgan fingerprint density at radius 3 is 1.89 bits per heavy atom. The van der Waals surface area contributed by atoms with E-state index in [1.54, 1.807) is 30.3 Å². The Morgan fingerprint density at radius 2 is 1.28 bits per heavy atom. The summed E-state index contributed by atoms with van der Waals surface area (Å²) in [5.74, 6) is -7.18. The molecule has 11 amide bonds. The van der Waals surface area contributed by atoms with Crippen molar-refractivity contribution in [1.82, 2.24) is 52.8 Å². The normalized spacial score (nSPS) is 19.6. The maximum Gasteiger partial charge on any atom is 0.312 e. The summed E-state index contributed by atoms with van der Waals surface area (Å²) in [6.45, 7) is 6.97. The summed E-state index contributed by atoms with van der Waals surface area (Å²) in [4.78, 5) is 141. The van der Waals surface area contributed by atoms with Crippen molar-refractivity contribution in [3.63, 3.8) is 0 Å². The molecule has 22 N–H and O–H groups in total. The SMILES string of the molecule is CC(=O)NCC(=O)NC1CC(=O)NCCCCC(C(N)=O)NC(=O)[C@H](C)NC(=O)C(CCCN=C(N)N)NC(=O)C(Cc2ccccc2)NC(=O)[C@H](CCCNC(N)=O)NC1=O.CCCN=C(N)N.Cc1c[nH]c2ccccc12. The first kappa shape index (κ1) is 66.1. The Morgan fingerprint density at radius 1 is 0.684 bits per heavy atom. The lowest BCUT2D eigenvalue weighted by molar-refractivity contribution is -0.136. The number of fused-ring (bicyclic) bond motifs is 1. The summed E-state index contributed by atoms with van der Waals surface area (Å²) < 4.78 is 0. The first-order valence-electron chi connectivity index (χ1n) is 25.8. The highest BCUT2D eigenvalue weighted by Gasteiger charge is 2.33. The van der Waals surface area contributed by atoms with Crippen molar-refractivity contribution >= 4 is 82.0 Å². The van der Waals surface area contributed by atoms with Crippen molar-refractivity contribution in [1.29, 1.82) is 0 Å². The Bertz CT molecular complexity index is 2550. The summed E-state index contributed by atoms with van der Waals surface area (Å²) in [5, 5.41) is 23.9. The number of aliphatic imine (C=N–C) groups is 2. The minimum absolute atomic E-state index is 0.0184. The molecule has 79 heavy (non-hydrogen) atoms. The van der Waals surface area contributed by atoms with Gasteiger partial charge in [-0.3, -0.25) is 53.1 Å². The first-order valence-corrected chi connectivity index (χ1v) is 25.8. The van der Waals surface area contributed by atoms with Crippen LogP contribution in [0.15, 0.2) is 70.8 Å². The van der Waals surface area contributed by atoms with Crippen molar-refractivity contribution in [3.8, 4) is 0 Å². The molecule has 0 aliphatic carbocycles. The number of carbonyl (C=O) groups is 10. The van der Waals surface area contributed by atoms with Gasteiger partial charge in [0.2, 0.25) is 53.2 Å². The van der Waals surface area contributed by atoms with Crippen LogP contribution in [0.5, 0.6) is 0 Å². The van der Waals surface area contributed by atoms with Gasteiger partial charge < -0.3 is 87.2 Å². The van der Waals surface area contributed by atoms with E-state index in [2.05, 4.69) is 87.9 Å². The van der Waals surface area contributed by atoms with Crippen LogP contribution in [0.1, 0.15) is 89.7 Å². The molecule has 1 aliphatic heterocycles. The zero-order chi connectivity index (χ0) is 58.9. The Labute approximate surface area is 458 Å². The predicted octanol–water partition coefficient (Wildman–Crippen LogP) is -2.88. The van der Waals surface area contributed by atoms with Gasteiger partial charge in [0.1, 0.15) is 36.3 Å². The molecule has 28 heteroatoms. The molecule has 2 aromatic carbocycles. The van der Waals surface area contributed by atoms with Crippen LogP contribution in [-0.2, 0) is 49.6 Å². The monoisotopic (exact) mass is 1100 g/mol. The van der Waals surface area contributed by atoms with Crippen LogP contribution < -0.4 is 82.3 Å². The summed E-state index contributed by atoms with van der Waals surface area (Å²) >= 11 is 0. The summed E-state index contributed by atoms with van der Waals surface area (Å²) in [5.41, 5.74) is 34.8. The molecular formula is C51H80N18O10. The van der Waals surface area contributed by atoms with E-state index in [1.165, 1.54) is 30.3 Å². The topological polar surface area (TPSA) is 476 Å². The van der Waals surface area contributed by atoms with E-state index in [0.717, 1.165) is 13.0 Å². The molecule has 4 rings (SSSR count). The van der Waals surface area contributed by atoms with Crippen molar-refractivity contribution < 1.29 is 47.9 Å². The largest absolute Gasteiger partial charge is 0.370 e. The third-order valence-corrected chi connectivity index (χ3v) is 11.6. The van der Waals surface area contributed by atoms with Gasteiger partial charge in [-0.25, -0.2) is 4.79 Å². The van der Waals surface area contributed by atoms with E-state index in [9.17, 15) is 47.9 Å². The number of guanidine groups is 2. The predicted molar refractivity (Wildman–Crippen MR) is 297 cm³/mol. The molecule has 0 saturated carbocycles. The number of primary amides is 2. The van der Waals surface area contributed by atoms with Crippen LogP contribution in [0.25, 0.3) is 10.9 Å². The van der Waals surface area contributed by atoms with Crippen molar-refractivity contribution in [3.05, 3.63) is 71.9 Å². The number of benzene rings is 2. The van der Waals surface area contributed by atoms with Crippen molar-refractivity contribution in [2.75, 3.05) is 32.7 Å². The maximum atomic E-state index is 14.2. The third kappa shape index (κ3) is 27.6. The fraction of sp³-hybridized carbons (Fsp3) is 0.490. The van der Waals surface area contributed by atoms with Crippen LogP contribution in [0.4, 0.5) is 4.79 Å². The first-order chi connectivity index (χ1) is 37.5. The number of nitrogens with two attached hydrogens (primary N) is 6. The quantitative estimate of drug-likeness (QED) is 0.0390. The van der Waals surface area contributed by atoms with Gasteiger partial charge in [-0.2, -0.15) is 0 Å². The van der Waals surface area contributed by atoms with Crippen LogP contribution in [0.3, 0.4) is 0 Å². The highest BCUT2D eigenvalue weighted by atomic mass is 16.2. The number of nitrogens with one attached hydrogen (secondary N) is 10. The molecule has 6 atom stereocenters. The molecule has 4 unspecified atom stereocenters. The molecule has 1 aromatic heterocycles. The standard InChI is InChI=1S/C38H60N14O10.C9H9N.C4H11N3/c1-21-32(57)49-24(31(39)56)12-6-7-15-43-29(54)19-28(48-30(55)20-46-22(2)53)36(61)51-26(14-9-17-45-38(42)62)34(59)52-27(18-23-10-4-3-5-11-23)35(60)50-25(33(58)47-21)13-8-16-44-37(40)41;1-7-6-10-9-5-3-2-4-8(7)9;1-2-3-7-4(5)6/h3-5,10-11,21,24-28H,6-9,12-20H2,1-2H3,(H2,39,56)(H,43,54)(H,46,53)(H,47,58)(H,48,55)(H,49,57)(H,50,60)(H,51,61)(H,52,59)(H4,40,41,44)(H3,42,45,62);2-6,10H,1H3;2-3H2,1H3,(H4,5,6,7)/t21-,24?,25?,26-,27?,28?;;/m0../s1. The Hall–Kier alpha value is -8.98. The number of aromatic nitrogens is 1. The summed E-state index contributed by atoms with van der Waals surface area (Å²) in [6, 6.07) is 7.91. The molecule has 28 nitrogen and oxygen atoms in total. The number of amides is 11. The molecule has 1 aliphatic rings. The summed E-state index contributed by atoms with van der Waals surface area (Å²) in [7, 11) is 0. The Kier molecular flexibility index (Phi) is 30.2. The number of carbonyl (C=O) groups excluding carboxylic acids is 10. The van der Waals surface area contributed by atoms with Gasteiger partial charge >= 0.3 is 6.03 Å². The average Bonchev–Trinajstić information content (AvgIpc) is 3.79. The number of aryl methyl sites for hydroxylation is 1. The van der Waals surface area contributed by atoms with Crippen LogP contribution in [0.2, 0.25) is 0 Å². The third-order valence-electron chi connectivity index (χ3n) is 11.6. The molecular weight excluding hydrogens is 1020 g/mol. The van der Waals surface area contributed by atoms with Gasteiger partial charge in [-0.1, -0.05) is 55.5 Å². The number of hydrogen-bond donors (Lipinski definition) is 16. The molecule has 1 saturated heterocycles. The number of rotatable bonds is 16. The lowest BCUT2D eigenvalue weighted by Gasteiger charge is -2.27. The van der Waals surface area contributed by atoms with Gasteiger partial charge in [-0.05, 0) is 82.4 Å². The van der Waals surface area contributed by atoms with Gasteiger partial charge in [0.25, 0.3) is 0 Å². The zero-order valence-electron chi connectivity index (χ0n) is 45.3. The van der Waals surface area contributed by atoms with E-state index in [-0.39, 0.29) is 82.9 Å². The van der Waals surface area contributed by atoms with Crippen LogP contribution in [-0.4, -0.2) is 145 Å².